The Morgan fingerprint density at radius 2 is 1.29 bits per heavy atom. The first kappa shape index (κ1) is 5.14. The standard InChI is InChI=1S/C7H12/c1-2-4-6-7-5-3-1/h1-6H2. The molecule has 0 aliphatic heterocycles. The summed E-state index contributed by atoms with van der Waals surface area (Å²) >= 11 is 0. The summed E-state index contributed by atoms with van der Waals surface area (Å²) in [6.45, 7) is 0. The molecular weight excluding hydrogens is 84.1 g/mol. The minimum absolute atomic E-state index is 1.25. The second kappa shape index (κ2) is 3.06. The molecule has 0 aromatic carbocycles. The molecule has 0 bridgehead atoms. The molecule has 0 atom stereocenters. The zero-order valence-electron chi connectivity index (χ0n) is 4.74. The molecule has 0 aromatic heterocycles. The lowest BCUT2D eigenvalue weighted by atomic mass is 10.2. The molecule has 40 valence electrons. The monoisotopic (exact) mass is 96.1 g/mol. The lowest BCUT2D eigenvalue weighted by Gasteiger charge is -1.85. The Bertz CT molecular complexity index is 19.7. The molecule has 0 unspecified atom stereocenters. The lowest BCUT2D eigenvalue weighted by Crippen LogP contribution is -1.68. The van der Waals surface area contributed by atoms with E-state index in [1.54, 1.807) is 0 Å². The molecule has 0 aromatic rings. The third kappa shape index (κ3) is 1.96. The molecule has 1 saturated carbocycles. The van der Waals surface area contributed by atoms with E-state index < -0.39 is 0 Å². The van der Waals surface area contributed by atoms with Gasteiger partial charge < -0.3 is 0 Å². The van der Waals surface area contributed by atoms with Crippen LogP contribution >= 0.6 is 0 Å². The van der Waals surface area contributed by atoms with E-state index in [0.29, 0.717) is 0 Å². The first-order valence-corrected chi connectivity index (χ1v) is 3.21. The third-order valence-corrected chi connectivity index (χ3v) is 1.46. The fourth-order valence-electron chi connectivity index (χ4n) is 0.979. The fraction of sp³-hybridized carbons (Fsp3) is 0.857. The molecule has 0 N–H and O–H groups in total. The Kier molecular flexibility index (Phi) is 2.25. The molecule has 0 nitrogen and oxygen atoms in total. The van der Waals surface area contributed by atoms with Gasteiger partial charge in [-0.15, -0.1) is 0 Å². The highest BCUT2D eigenvalue weighted by Crippen LogP contribution is 2.14. The molecule has 1 fully saturated rings. The molecular formula is C7H12. The van der Waals surface area contributed by atoms with E-state index in [-0.39, 0.29) is 0 Å². The van der Waals surface area contributed by atoms with Gasteiger partial charge in [0.1, 0.15) is 0 Å². The van der Waals surface area contributed by atoms with Crippen molar-refractivity contribution in [3.63, 3.8) is 0 Å². The van der Waals surface area contributed by atoms with Gasteiger partial charge in [0.15, 0.2) is 0 Å². The van der Waals surface area contributed by atoms with Gasteiger partial charge in [-0.05, 0) is 19.3 Å². The largest absolute Gasteiger partial charge is 0.0533 e. The second-order valence-corrected chi connectivity index (χ2v) is 2.16. The average Bonchev–Trinajstić information content (AvgIpc) is 1.90. The van der Waals surface area contributed by atoms with E-state index in [4.69, 9.17) is 0 Å². The predicted molar refractivity (Wildman–Crippen MR) is 30.9 cm³/mol. The summed E-state index contributed by atoms with van der Waals surface area (Å²) in [5.41, 5.74) is 0. The molecule has 7 heavy (non-hydrogen) atoms. The topological polar surface area (TPSA) is 0 Å². The minimum atomic E-state index is 1.25. The molecule has 1 aliphatic carbocycles. The molecule has 0 amide bonds. The van der Waals surface area contributed by atoms with Crippen molar-refractivity contribution in [3.8, 4) is 0 Å². The smallest absolute Gasteiger partial charge is 0.0173 e. The van der Waals surface area contributed by atoms with Crippen LogP contribution in [-0.2, 0) is 0 Å². The van der Waals surface area contributed by atoms with Crippen molar-refractivity contribution in [2.75, 3.05) is 0 Å². The maximum absolute atomic E-state index is 3.35. The van der Waals surface area contributed by atoms with Gasteiger partial charge in [0.25, 0.3) is 0 Å². The van der Waals surface area contributed by atoms with Gasteiger partial charge in [-0.1, -0.05) is 25.7 Å². The summed E-state index contributed by atoms with van der Waals surface area (Å²) in [6, 6.07) is 0. The second-order valence-electron chi connectivity index (χ2n) is 2.16. The summed E-state index contributed by atoms with van der Waals surface area (Å²) < 4.78 is 0. The van der Waals surface area contributed by atoms with Crippen molar-refractivity contribution in [3.05, 3.63) is 6.42 Å². The predicted octanol–water partition coefficient (Wildman–Crippen LogP) is 2.42. The fourth-order valence-corrected chi connectivity index (χ4v) is 0.979. The van der Waals surface area contributed by atoms with Crippen molar-refractivity contribution < 1.29 is 0 Å². The van der Waals surface area contributed by atoms with E-state index in [2.05, 4.69) is 6.42 Å². The van der Waals surface area contributed by atoms with Crippen molar-refractivity contribution in [2.24, 2.45) is 0 Å². The summed E-state index contributed by atoms with van der Waals surface area (Å²) in [7, 11) is 0. The van der Waals surface area contributed by atoms with Crippen LogP contribution in [0.2, 0.25) is 0 Å². The summed E-state index contributed by atoms with van der Waals surface area (Å²) in [5.74, 6) is 0. The molecule has 0 heterocycles. The average molecular weight is 96.2 g/mol. The van der Waals surface area contributed by atoms with Crippen molar-refractivity contribution in [2.45, 2.75) is 38.5 Å². The maximum atomic E-state index is 3.35. The molecule has 0 spiro atoms. The first-order chi connectivity index (χ1) is 3.50. The van der Waals surface area contributed by atoms with Crippen molar-refractivity contribution >= 4 is 0 Å². The molecule has 1 rings (SSSR count). The van der Waals surface area contributed by atoms with Crippen LogP contribution in [0, 0.1) is 6.42 Å². The van der Waals surface area contributed by atoms with Gasteiger partial charge in [0, 0.05) is 0 Å². The molecule has 0 saturated heterocycles. The first-order valence-electron chi connectivity index (χ1n) is 3.21. The molecule has 2 radical (unpaired) electrons. The highest BCUT2D eigenvalue weighted by molar-refractivity contribution is 4.67. The zero-order chi connectivity index (χ0) is 4.95. The highest BCUT2D eigenvalue weighted by Gasteiger charge is 1.96. The number of hydrogen-bond acceptors (Lipinski definition) is 0. The van der Waals surface area contributed by atoms with E-state index in [9.17, 15) is 0 Å². The number of hydrogen-bond donors (Lipinski definition) is 0. The van der Waals surface area contributed by atoms with Gasteiger partial charge >= 0.3 is 0 Å². The third-order valence-electron chi connectivity index (χ3n) is 1.46. The van der Waals surface area contributed by atoms with Gasteiger partial charge in [-0.3, -0.25) is 0 Å². The van der Waals surface area contributed by atoms with Crippen LogP contribution in [0.5, 0.6) is 0 Å². The quantitative estimate of drug-likeness (QED) is 0.406. The summed E-state index contributed by atoms with van der Waals surface area (Å²) in [6.07, 6.45) is 11.5. The Morgan fingerprint density at radius 3 is 1.86 bits per heavy atom. The van der Waals surface area contributed by atoms with Crippen LogP contribution in [-0.4, -0.2) is 0 Å². The van der Waals surface area contributed by atoms with Gasteiger partial charge in [0.2, 0.25) is 0 Å². The lowest BCUT2D eigenvalue weighted by molar-refractivity contribution is 0.702. The Labute approximate surface area is 45.9 Å². The summed E-state index contributed by atoms with van der Waals surface area (Å²) in [4.78, 5) is 0. The number of rotatable bonds is 0. The van der Waals surface area contributed by atoms with Crippen LogP contribution in [0.4, 0.5) is 0 Å². The Hall–Kier alpha value is 0. The van der Waals surface area contributed by atoms with E-state index in [1.807, 2.05) is 0 Å². The van der Waals surface area contributed by atoms with E-state index in [1.165, 1.54) is 38.5 Å². The van der Waals surface area contributed by atoms with Crippen LogP contribution in [0.1, 0.15) is 38.5 Å². The van der Waals surface area contributed by atoms with E-state index >= 15 is 0 Å². The van der Waals surface area contributed by atoms with Gasteiger partial charge in [-0.25, -0.2) is 0 Å². The minimum Gasteiger partial charge on any atom is -0.0533 e. The van der Waals surface area contributed by atoms with Crippen LogP contribution < -0.4 is 0 Å². The SMILES string of the molecule is [C]1CCCCCC1. The Balaban J connectivity index is 2.04. The zero-order valence-corrected chi connectivity index (χ0v) is 4.74. The van der Waals surface area contributed by atoms with Crippen LogP contribution in [0.15, 0.2) is 0 Å². The highest BCUT2D eigenvalue weighted by atomic mass is 14.0. The van der Waals surface area contributed by atoms with Gasteiger partial charge in [0.05, 0.1) is 0 Å². The van der Waals surface area contributed by atoms with Crippen LogP contribution in [0.25, 0.3) is 0 Å². The normalized spacial score (nSPS) is 24.0. The van der Waals surface area contributed by atoms with E-state index in [0.717, 1.165) is 0 Å². The maximum Gasteiger partial charge on any atom is -0.0173 e. The van der Waals surface area contributed by atoms with Crippen LogP contribution in [0.3, 0.4) is 0 Å². The molecule has 0 heteroatoms. The molecule has 1 aliphatic rings. The van der Waals surface area contributed by atoms with Crippen molar-refractivity contribution in [1.82, 2.24) is 0 Å². The summed E-state index contributed by atoms with van der Waals surface area (Å²) in [5, 5.41) is 0. The van der Waals surface area contributed by atoms with Crippen molar-refractivity contribution in [1.29, 1.82) is 0 Å². The van der Waals surface area contributed by atoms with Gasteiger partial charge in [-0.2, -0.15) is 0 Å². The Morgan fingerprint density at radius 1 is 0.714 bits per heavy atom.